The van der Waals surface area contributed by atoms with Gasteiger partial charge in [0.15, 0.2) is 5.69 Å². The number of hydrogen-bond acceptors (Lipinski definition) is 3. The molecule has 1 aliphatic carbocycles. The highest BCUT2D eigenvalue weighted by atomic mass is 19.1. The van der Waals surface area contributed by atoms with Crippen molar-refractivity contribution < 1.29 is 19.1 Å². The molecule has 2 aromatic rings. The number of rotatable bonds is 6. The van der Waals surface area contributed by atoms with E-state index in [1.54, 1.807) is 30.7 Å². The maximum atomic E-state index is 13.7. The molecule has 0 bridgehead atoms. The van der Waals surface area contributed by atoms with Crippen molar-refractivity contribution in [1.82, 2.24) is 15.1 Å². The summed E-state index contributed by atoms with van der Waals surface area (Å²) in [6.07, 6.45) is 3.81. The topological polar surface area (TPSA) is 84.2 Å². The van der Waals surface area contributed by atoms with Crippen LogP contribution in [0.25, 0.3) is 5.69 Å². The molecule has 27 heavy (non-hydrogen) atoms. The van der Waals surface area contributed by atoms with Crippen LogP contribution in [0.2, 0.25) is 0 Å². The summed E-state index contributed by atoms with van der Waals surface area (Å²) < 4.78 is 15.3. The van der Waals surface area contributed by atoms with Gasteiger partial charge in [-0.3, -0.25) is 9.59 Å². The third-order valence-corrected chi connectivity index (χ3v) is 4.86. The number of carbonyl (C=O) groups is 2. The molecule has 1 aromatic carbocycles. The van der Waals surface area contributed by atoms with Crippen LogP contribution in [0, 0.1) is 5.82 Å². The fourth-order valence-electron chi connectivity index (χ4n) is 3.45. The first-order chi connectivity index (χ1) is 12.8. The zero-order chi connectivity index (χ0) is 19.6. The molecule has 7 heteroatoms. The summed E-state index contributed by atoms with van der Waals surface area (Å²) in [6.45, 7) is 3.59. The maximum absolute atomic E-state index is 13.7. The van der Waals surface area contributed by atoms with Gasteiger partial charge in [-0.25, -0.2) is 9.07 Å². The Balaban J connectivity index is 1.91. The van der Waals surface area contributed by atoms with Crippen molar-refractivity contribution in [2.75, 3.05) is 0 Å². The average Bonchev–Trinajstić information content (AvgIpc) is 3.00. The van der Waals surface area contributed by atoms with E-state index in [0.29, 0.717) is 17.8 Å². The first-order valence-electron chi connectivity index (χ1n) is 9.18. The molecule has 6 nitrogen and oxygen atoms in total. The van der Waals surface area contributed by atoms with Crippen molar-refractivity contribution in [2.24, 2.45) is 0 Å². The van der Waals surface area contributed by atoms with E-state index in [0.717, 1.165) is 36.9 Å². The van der Waals surface area contributed by atoms with Crippen LogP contribution >= 0.6 is 0 Å². The molecule has 0 spiro atoms. The van der Waals surface area contributed by atoms with E-state index in [4.69, 9.17) is 5.11 Å². The number of hydrogen-bond donors (Lipinski definition) is 2. The predicted molar refractivity (Wildman–Crippen MR) is 98.6 cm³/mol. The number of nitrogens with one attached hydrogen (secondary N) is 1. The number of aliphatic carboxylic acids is 1. The monoisotopic (exact) mass is 373 g/mol. The van der Waals surface area contributed by atoms with Crippen molar-refractivity contribution >= 4 is 11.9 Å². The Bertz CT molecular complexity index is 873. The number of fused-ring (bicyclic) bond motifs is 1. The Morgan fingerprint density at radius 1 is 1.30 bits per heavy atom. The number of carbonyl (C=O) groups excluding carboxylic acids is 1. The van der Waals surface area contributed by atoms with Crippen molar-refractivity contribution in [3.05, 3.63) is 47.0 Å². The molecule has 1 amide bonds. The number of benzene rings is 1. The van der Waals surface area contributed by atoms with Gasteiger partial charge >= 0.3 is 5.97 Å². The van der Waals surface area contributed by atoms with Crippen LogP contribution in [0.4, 0.5) is 4.39 Å². The van der Waals surface area contributed by atoms with E-state index in [1.165, 1.54) is 12.1 Å². The van der Waals surface area contributed by atoms with Crippen molar-refractivity contribution in [1.29, 1.82) is 0 Å². The molecule has 1 aliphatic rings. The summed E-state index contributed by atoms with van der Waals surface area (Å²) in [5, 5.41) is 16.3. The Hall–Kier alpha value is -2.70. The number of carboxylic acid groups (broad SMARTS) is 1. The average molecular weight is 373 g/mol. The van der Waals surface area contributed by atoms with Crippen LogP contribution in [-0.4, -0.2) is 32.3 Å². The van der Waals surface area contributed by atoms with E-state index in [1.807, 2.05) is 0 Å². The third-order valence-electron chi connectivity index (χ3n) is 4.86. The van der Waals surface area contributed by atoms with E-state index in [2.05, 4.69) is 10.4 Å². The summed E-state index contributed by atoms with van der Waals surface area (Å²) in [5.74, 6) is -1.57. The van der Waals surface area contributed by atoms with Gasteiger partial charge in [-0.1, -0.05) is 6.07 Å². The first kappa shape index (κ1) is 19.1. The Kier molecular flexibility index (Phi) is 5.30. The molecule has 1 heterocycles. The minimum absolute atomic E-state index is 0.0247. The van der Waals surface area contributed by atoms with Crippen LogP contribution in [0.15, 0.2) is 24.3 Å². The highest BCUT2D eigenvalue weighted by Gasteiger charge is 2.29. The minimum Gasteiger partial charge on any atom is -0.481 e. The lowest BCUT2D eigenvalue weighted by molar-refractivity contribution is -0.137. The third kappa shape index (κ3) is 4.35. The molecule has 0 radical (unpaired) electrons. The lowest BCUT2D eigenvalue weighted by atomic mass is 9.94. The summed E-state index contributed by atoms with van der Waals surface area (Å²) in [7, 11) is 0. The highest BCUT2D eigenvalue weighted by molar-refractivity contribution is 5.94. The van der Waals surface area contributed by atoms with Crippen LogP contribution in [0.5, 0.6) is 0 Å². The SMILES string of the molecule is CC(C)(CCC(=O)O)NC(=O)c1nn(-c2cccc(F)c2)c2c1CCCC2. The molecule has 0 saturated carbocycles. The maximum Gasteiger partial charge on any atom is 0.303 e. The van der Waals surface area contributed by atoms with Crippen LogP contribution in [-0.2, 0) is 17.6 Å². The highest BCUT2D eigenvalue weighted by Crippen LogP contribution is 2.27. The van der Waals surface area contributed by atoms with E-state index in [-0.39, 0.29) is 18.1 Å². The quantitative estimate of drug-likeness (QED) is 0.814. The molecule has 0 fully saturated rings. The number of amides is 1. The molecule has 0 saturated heterocycles. The van der Waals surface area contributed by atoms with E-state index in [9.17, 15) is 14.0 Å². The smallest absolute Gasteiger partial charge is 0.303 e. The fourth-order valence-corrected chi connectivity index (χ4v) is 3.45. The normalized spacial score (nSPS) is 13.9. The number of nitrogens with zero attached hydrogens (tertiary/aromatic N) is 2. The van der Waals surface area contributed by atoms with Gasteiger partial charge in [-0.15, -0.1) is 0 Å². The van der Waals surface area contributed by atoms with Gasteiger partial charge in [0.1, 0.15) is 5.82 Å². The van der Waals surface area contributed by atoms with Gasteiger partial charge in [0.25, 0.3) is 5.91 Å². The Morgan fingerprint density at radius 3 is 2.74 bits per heavy atom. The van der Waals surface area contributed by atoms with Gasteiger partial charge in [0, 0.05) is 23.2 Å². The van der Waals surface area contributed by atoms with Crippen LogP contribution in [0.1, 0.15) is 61.3 Å². The Morgan fingerprint density at radius 2 is 2.04 bits per heavy atom. The van der Waals surface area contributed by atoms with Gasteiger partial charge in [0.05, 0.1) is 5.69 Å². The standard InChI is InChI=1S/C20H24FN3O3/c1-20(2,11-10-17(25)26)22-19(27)18-15-8-3-4-9-16(15)24(23-18)14-7-5-6-13(21)12-14/h5-7,12H,3-4,8-11H2,1-2H3,(H,22,27)(H,25,26). The number of aromatic nitrogens is 2. The lowest BCUT2D eigenvalue weighted by Gasteiger charge is -2.25. The van der Waals surface area contributed by atoms with Gasteiger partial charge in [0.2, 0.25) is 0 Å². The summed E-state index contributed by atoms with van der Waals surface area (Å²) in [5.41, 5.74) is 2.12. The molecule has 0 unspecified atom stereocenters. The van der Waals surface area contributed by atoms with Gasteiger partial charge in [-0.05, 0) is 64.2 Å². The number of carboxylic acids is 1. The second-order valence-corrected chi connectivity index (χ2v) is 7.60. The molecular formula is C20H24FN3O3. The van der Waals surface area contributed by atoms with Gasteiger partial charge < -0.3 is 10.4 Å². The molecule has 0 aliphatic heterocycles. The zero-order valence-corrected chi connectivity index (χ0v) is 15.6. The summed E-state index contributed by atoms with van der Waals surface area (Å²) in [6, 6.07) is 6.16. The van der Waals surface area contributed by atoms with Crippen LogP contribution in [0.3, 0.4) is 0 Å². The first-order valence-corrected chi connectivity index (χ1v) is 9.18. The van der Waals surface area contributed by atoms with E-state index >= 15 is 0 Å². The summed E-state index contributed by atoms with van der Waals surface area (Å²) >= 11 is 0. The number of halogens is 1. The van der Waals surface area contributed by atoms with Gasteiger partial charge in [-0.2, -0.15) is 5.10 Å². The second-order valence-electron chi connectivity index (χ2n) is 7.60. The fraction of sp³-hybridized carbons (Fsp3) is 0.450. The summed E-state index contributed by atoms with van der Waals surface area (Å²) in [4.78, 5) is 23.7. The molecule has 3 rings (SSSR count). The van der Waals surface area contributed by atoms with Crippen molar-refractivity contribution in [2.45, 2.75) is 57.9 Å². The zero-order valence-electron chi connectivity index (χ0n) is 15.6. The predicted octanol–water partition coefficient (Wildman–Crippen LogP) is 3.26. The second kappa shape index (κ2) is 7.50. The minimum atomic E-state index is -0.898. The van der Waals surface area contributed by atoms with Crippen molar-refractivity contribution in [3.8, 4) is 5.69 Å². The molecule has 144 valence electrons. The molecule has 2 N–H and O–H groups in total. The van der Waals surface area contributed by atoms with Crippen molar-refractivity contribution in [3.63, 3.8) is 0 Å². The lowest BCUT2D eigenvalue weighted by Crippen LogP contribution is -2.44. The Labute approximate surface area is 157 Å². The van der Waals surface area contributed by atoms with Crippen LogP contribution < -0.4 is 5.32 Å². The largest absolute Gasteiger partial charge is 0.481 e. The molecular weight excluding hydrogens is 349 g/mol. The van der Waals surface area contributed by atoms with E-state index < -0.39 is 11.5 Å². The molecule has 0 atom stereocenters. The molecule has 1 aromatic heterocycles.